The van der Waals surface area contributed by atoms with Crippen molar-refractivity contribution < 1.29 is 14.3 Å². The summed E-state index contributed by atoms with van der Waals surface area (Å²) in [5, 5.41) is 20.9. The second-order valence-corrected chi connectivity index (χ2v) is 6.49. The van der Waals surface area contributed by atoms with E-state index in [4.69, 9.17) is 14.7 Å². The van der Waals surface area contributed by atoms with E-state index in [0.717, 1.165) is 5.56 Å². The topological polar surface area (TPSA) is 95.1 Å². The molecule has 2 aromatic carbocycles. The standard InChI is InChI=1S/C21H18BrN3O3/c1-3-27-19-11-15(17(22)12-20(19)28-9-8-23)10-16(13-24)21(26)25-18-7-5-4-6-14(18)2/h4-7,10-12H,3,9H2,1-2H3,(H,25,26)/b16-10+. The molecule has 2 aromatic rings. The number of carbonyl (C=O) groups excluding carboxylic acids is 1. The van der Waals surface area contributed by atoms with E-state index in [2.05, 4.69) is 21.2 Å². The van der Waals surface area contributed by atoms with Crippen LogP contribution in [0.3, 0.4) is 0 Å². The molecule has 0 unspecified atom stereocenters. The Morgan fingerprint density at radius 3 is 2.57 bits per heavy atom. The predicted octanol–water partition coefficient (Wildman–Crippen LogP) is 4.60. The number of anilines is 1. The van der Waals surface area contributed by atoms with Gasteiger partial charge in [-0.05, 0) is 49.2 Å². The van der Waals surface area contributed by atoms with Crippen molar-refractivity contribution >= 4 is 33.6 Å². The third-order valence-electron chi connectivity index (χ3n) is 3.71. The molecule has 0 bridgehead atoms. The van der Waals surface area contributed by atoms with E-state index in [0.29, 0.717) is 33.8 Å². The van der Waals surface area contributed by atoms with Crippen molar-refractivity contribution in [1.82, 2.24) is 0 Å². The van der Waals surface area contributed by atoms with E-state index in [1.165, 1.54) is 6.08 Å². The zero-order valence-electron chi connectivity index (χ0n) is 15.5. The highest BCUT2D eigenvalue weighted by Crippen LogP contribution is 2.35. The van der Waals surface area contributed by atoms with Crippen LogP contribution in [0.4, 0.5) is 5.69 Å². The first-order valence-corrected chi connectivity index (χ1v) is 9.24. The number of nitrogens with one attached hydrogen (secondary N) is 1. The van der Waals surface area contributed by atoms with E-state index in [1.807, 2.05) is 44.2 Å². The second kappa shape index (κ2) is 10.1. The maximum Gasteiger partial charge on any atom is 0.266 e. The van der Waals surface area contributed by atoms with Gasteiger partial charge in [-0.2, -0.15) is 10.5 Å². The lowest BCUT2D eigenvalue weighted by Gasteiger charge is -2.13. The number of aryl methyl sites for hydroxylation is 1. The van der Waals surface area contributed by atoms with Gasteiger partial charge < -0.3 is 14.8 Å². The van der Waals surface area contributed by atoms with Crippen molar-refractivity contribution in [1.29, 1.82) is 10.5 Å². The number of nitrogens with zero attached hydrogens (tertiary/aromatic N) is 2. The average molecular weight is 440 g/mol. The van der Waals surface area contributed by atoms with Crippen LogP contribution in [0.15, 0.2) is 46.4 Å². The molecule has 0 atom stereocenters. The molecule has 0 aromatic heterocycles. The van der Waals surface area contributed by atoms with Crippen LogP contribution in [0.2, 0.25) is 0 Å². The van der Waals surface area contributed by atoms with E-state index < -0.39 is 5.91 Å². The fourth-order valence-electron chi connectivity index (χ4n) is 2.36. The first-order valence-electron chi connectivity index (χ1n) is 8.45. The molecule has 6 nitrogen and oxygen atoms in total. The number of ether oxygens (including phenoxy) is 2. The normalized spacial score (nSPS) is 10.5. The Morgan fingerprint density at radius 2 is 1.93 bits per heavy atom. The first-order chi connectivity index (χ1) is 13.5. The van der Waals surface area contributed by atoms with Crippen molar-refractivity contribution in [3.8, 4) is 23.6 Å². The monoisotopic (exact) mass is 439 g/mol. The van der Waals surface area contributed by atoms with Crippen molar-refractivity contribution in [2.45, 2.75) is 13.8 Å². The summed E-state index contributed by atoms with van der Waals surface area (Å²) >= 11 is 3.41. The largest absolute Gasteiger partial charge is 0.490 e. The van der Waals surface area contributed by atoms with Gasteiger partial charge >= 0.3 is 0 Å². The summed E-state index contributed by atoms with van der Waals surface area (Å²) in [6, 6.07) is 14.4. The minimum absolute atomic E-state index is 0.0582. The first kappa shape index (κ1) is 21.0. The highest BCUT2D eigenvalue weighted by molar-refractivity contribution is 9.10. The maximum absolute atomic E-state index is 12.5. The Labute approximate surface area is 172 Å². The van der Waals surface area contributed by atoms with Crippen LogP contribution >= 0.6 is 15.9 Å². The summed E-state index contributed by atoms with van der Waals surface area (Å²) in [4.78, 5) is 12.5. The zero-order valence-corrected chi connectivity index (χ0v) is 17.0. The highest BCUT2D eigenvalue weighted by Gasteiger charge is 2.14. The molecule has 28 heavy (non-hydrogen) atoms. The highest BCUT2D eigenvalue weighted by atomic mass is 79.9. The third kappa shape index (κ3) is 5.35. The number of rotatable bonds is 7. The van der Waals surface area contributed by atoms with Gasteiger partial charge in [-0.15, -0.1) is 0 Å². The molecule has 0 saturated heterocycles. The number of halogens is 1. The Hall–Kier alpha value is -3.29. The van der Waals surface area contributed by atoms with Gasteiger partial charge in [0, 0.05) is 10.2 Å². The summed E-state index contributed by atoms with van der Waals surface area (Å²) in [5.74, 6) is 0.311. The molecule has 0 saturated carbocycles. The molecule has 0 aliphatic rings. The number of para-hydroxylation sites is 1. The minimum Gasteiger partial charge on any atom is -0.490 e. The fraction of sp³-hybridized carbons (Fsp3) is 0.190. The summed E-state index contributed by atoms with van der Waals surface area (Å²) in [6.07, 6.45) is 1.47. The third-order valence-corrected chi connectivity index (χ3v) is 4.40. The molecule has 0 aliphatic carbocycles. The van der Waals surface area contributed by atoms with Gasteiger partial charge in [-0.25, -0.2) is 0 Å². The quantitative estimate of drug-likeness (QED) is 0.502. The minimum atomic E-state index is -0.508. The van der Waals surface area contributed by atoms with Crippen LogP contribution in [0, 0.1) is 29.6 Å². The lowest BCUT2D eigenvalue weighted by molar-refractivity contribution is -0.112. The average Bonchev–Trinajstić information content (AvgIpc) is 2.68. The van der Waals surface area contributed by atoms with Crippen LogP contribution in [0.25, 0.3) is 6.08 Å². The van der Waals surface area contributed by atoms with Crippen LogP contribution in [0.5, 0.6) is 11.5 Å². The van der Waals surface area contributed by atoms with Crippen molar-refractivity contribution in [3.05, 3.63) is 57.6 Å². The van der Waals surface area contributed by atoms with Gasteiger partial charge in [0.1, 0.15) is 17.7 Å². The van der Waals surface area contributed by atoms with E-state index in [1.54, 1.807) is 18.2 Å². The van der Waals surface area contributed by atoms with Crippen LogP contribution in [-0.2, 0) is 4.79 Å². The molecule has 0 fully saturated rings. The van der Waals surface area contributed by atoms with Gasteiger partial charge in [-0.3, -0.25) is 4.79 Å². The van der Waals surface area contributed by atoms with E-state index in [-0.39, 0.29) is 12.2 Å². The molecule has 0 spiro atoms. The molecule has 2 rings (SSSR count). The second-order valence-electron chi connectivity index (χ2n) is 5.64. The zero-order chi connectivity index (χ0) is 20.5. The van der Waals surface area contributed by atoms with E-state index in [9.17, 15) is 10.1 Å². The number of carbonyl (C=O) groups is 1. The van der Waals surface area contributed by atoms with Crippen LogP contribution < -0.4 is 14.8 Å². The number of amides is 1. The fourth-order valence-corrected chi connectivity index (χ4v) is 2.80. The lowest BCUT2D eigenvalue weighted by Crippen LogP contribution is -2.14. The van der Waals surface area contributed by atoms with Gasteiger partial charge in [0.2, 0.25) is 0 Å². The number of nitriles is 2. The van der Waals surface area contributed by atoms with Gasteiger partial charge in [0.05, 0.1) is 6.61 Å². The van der Waals surface area contributed by atoms with E-state index >= 15 is 0 Å². The molecule has 142 valence electrons. The number of benzene rings is 2. The summed E-state index contributed by atoms with van der Waals surface area (Å²) in [6.45, 7) is 3.97. The van der Waals surface area contributed by atoms with Gasteiger partial charge in [0.15, 0.2) is 18.1 Å². The van der Waals surface area contributed by atoms with Gasteiger partial charge in [-0.1, -0.05) is 34.1 Å². The molecular formula is C21H18BrN3O3. The van der Waals surface area contributed by atoms with Crippen molar-refractivity contribution in [3.63, 3.8) is 0 Å². The molecule has 7 heteroatoms. The van der Waals surface area contributed by atoms with Crippen LogP contribution in [0.1, 0.15) is 18.1 Å². The Kier molecular flexibility index (Phi) is 7.62. The number of hydrogen-bond donors (Lipinski definition) is 1. The number of hydrogen-bond acceptors (Lipinski definition) is 5. The molecule has 0 aliphatic heterocycles. The summed E-state index contributed by atoms with van der Waals surface area (Å²) < 4.78 is 11.5. The predicted molar refractivity (Wildman–Crippen MR) is 110 cm³/mol. The van der Waals surface area contributed by atoms with Crippen molar-refractivity contribution in [2.75, 3.05) is 18.5 Å². The smallest absolute Gasteiger partial charge is 0.266 e. The molecule has 1 N–H and O–H groups in total. The maximum atomic E-state index is 12.5. The molecule has 1 amide bonds. The van der Waals surface area contributed by atoms with Crippen LogP contribution in [-0.4, -0.2) is 19.1 Å². The summed E-state index contributed by atoms with van der Waals surface area (Å²) in [5.41, 5.74) is 2.05. The molecule has 0 radical (unpaired) electrons. The molecular weight excluding hydrogens is 422 g/mol. The molecule has 0 heterocycles. The lowest BCUT2D eigenvalue weighted by atomic mass is 10.1. The SMILES string of the molecule is CCOc1cc(/C=C(\C#N)C(=O)Nc2ccccc2C)c(Br)cc1OCC#N. The van der Waals surface area contributed by atoms with Gasteiger partial charge in [0.25, 0.3) is 5.91 Å². The Balaban J connectivity index is 2.36. The summed E-state index contributed by atoms with van der Waals surface area (Å²) in [7, 11) is 0. The Bertz CT molecular complexity index is 987. The van der Waals surface area contributed by atoms with Crippen molar-refractivity contribution in [2.24, 2.45) is 0 Å². The Morgan fingerprint density at radius 1 is 1.21 bits per heavy atom.